The molecule has 0 saturated carbocycles. The summed E-state index contributed by atoms with van der Waals surface area (Å²) in [6.07, 6.45) is 0. The molecule has 6 nitrogen and oxygen atoms in total. The van der Waals surface area contributed by atoms with E-state index in [9.17, 15) is 9.59 Å². The maximum Gasteiger partial charge on any atom is 0.338 e. The molecule has 1 aromatic carbocycles. The Bertz CT molecular complexity index is 554. The van der Waals surface area contributed by atoms with Crippen LogP contribution in [0, 0.1) is 5.92 Å². The van der Waals surface area contributed by atoms with Gasteiger partial charge in [-0.1, -0.05) is 13.8 Å². The molecule has 0 aliphatic carbocycles. The second-order valence-electron chi connectivity index (χ2n) is 6.10. The Morgan fingerprint density at radius 3 is 2.38 bits per heavy atom. The summed E-state index contributed by atoms with van der Waals surface area (Å²) >= 11 is 0. The van der Waals surface area contributed by atoms with Crippen molar-refractivity contribution < 1.29 is 23.8 Å². The lowest BCUT2D eigenvalue weighted by molar-refractivity contribution is -0.124. The average molecular weight is 337 g/mol. The van der Waals surface area contributed by atoms with Crippen molar-refractivity contribution in [3.05, 3.63) is 23.8 Å². The Morgan fingerprint density at radius 1 is 1.08 bits per heavy atom. The van der Waals surface area contributed by atoms with E-state index in [2.05, 4.69) is 5.32 Å². The highest BCUT2D eigenvalue weighted by Crippen LogP contribution is 2.29. The van der Waals surface area contributed by atoms with Gasteiger partial charge >= 0.3 is 5.97 Å². The first-order valence-corrected chi connectivity index (χ1v) is 8.19. The predicted octanol–water partition coefficient (Wildman–Crippen LogP) is 2.80. The molecule has 1 N–H and O–H groups in total. The van der Waals surface area contributed by atoms with E-state index >= 15 is 0 Å². The largest absolute Gasteiger partial charge is 0.490 e. The number of carbonyl (C=O) groups excluding carboxylic acids is 2. The number of carbonyl (C=O) groups is 2. The van der Waals surface area contributed by atoms with E-state index in [1.807, 2.05) is 34.6 Å². The van der Waals surface area contributed by atoms with Gasteiger partial charge in [-0.05, 0) is 44.9 Å². The molecule has 0 heterocycles. The Balaban J connectivity index is 2.75. The minimum absolute atomic E-state index is 0.00171. The summed E-state index contributed by atoms with van der Waals surface area (Å²) in [7, 11) is 0. The van der Waals surface area contributed by atoms with Gasteiger partial charge in [0, 0.05) is 6.04 Å². The van der Waals surface area contributed by atoms with Crippen LogP contribution in [0.4, 0.5) is 0 Å². The summed E-state index contributed by atoms with van der Waals surface area (Å²) in [5.74, 6) is 0.535. The van der Waals surface area contributed by atoms with Gasteiger partial charge in [0.25, 0.3) is 5.91 Å². The number of amides is 1. The molecule has 0 radical (unpaired) electrons. The number of rotatable bonds is 9. The van der Waals surface area contributed by atoms with Gasteiger partial charge in [-0.25, -0.2) is 4.79 Å². The van der Waals surface area contributed by atoms with Gasteiger partial charge in [-0.2, -0.15) is 0 Å². The van der Waals surface area contributed by atoms with Gasteiger partial charge in [-0.15, -0.1) is 0 Å². The monoisotopic (exact) mass is 337 g/mol. The average Bonchev–Trinajstić information content (AvgIpc) is 2.50. The van der Waals surface area contributed by atoms with Gasteiger partial charge in [0.15, 0.2) is 18.1 Å². The summed E-state index contributed by atoms with van der Waals surface area (Å²) in [5.41, 5.74) is 0.313. The Hall–Kier alpha value is -2.24. The van der Waals surface area contributed by atoms with Crippen LogP contribution in [0.1, 0.15) is 45.0 Å². The first-order chi connectivity index (χ1) is 11.3. The van der Waals surface area contributed by atoms with E-state index < -0.39 is 5.97 Å². The minimum Gasteiger partial charge on any atom is -0.490 e. The Kier molecular flexibility index (Phi) is 8.09. The molecule has 0 aliphatic rings. The smallest absolute Gasteiger partial charge is 0.338 e. The summed E-state index contributed by atoms with van der Waals surface area (Å²) in [4.78, 5) is 23.6. The third kappa shape index (κ3) is 6.89. The van der Waals surface area contributed by atoms with Crippen molar-refractivity contribution in [3.8, 4) is 11.5 Å². The zero-order valence-corrected chi connectivity index (χ0v) is 15.0. The van der Waals surface area contributed by atoms with Gasteiger partial charge in [0.05, 0.1) is 18.8 Å². The van der Waals surface area contributed by atoms with Gasteiger partial charge in [-0.3, -0.25) is 4.79 Å². The van der Waals surface area contributed by atoms with E-state index in [0.717, 1.165) is 0 Å². The normalized spacial score (nSPS) is 10.6. The lowest BCUT2D eigenvalue weighted by atomic mass is 10.2. The van der Waals surface area contributed by atoms with E-state index in [1.165, 1.54) is 0 Å². The van der Waals surface area contributed by atoms with Crippen molar-refractivity contribution >= 4 is 11.9 Å². The molecule has 1 amide bonds. The maximum absolute atomic E-state index is 12.1. The van der Waals surface area contributed by atoms with Crippen LogP contribution in [0.2, 0.25) is 0 Å². The van der Waals surface area contributed by atoms with E-state index in [-0.39, 0.29) is 18.6 Å². The highest BCUT2D eigenvalue weighted by atomic mass is 16.5. The molecule has 0 aliphatic heterocycles. The van der Waals surface area contributed by atoms with Gasteiger partial charge < -0.3 is 19.5 Å². The third-order valence-electron chi connectivity index (χ3n) is 2.84. The molecule has 0 spiro atoms. The van der Waals surface area contributed by atoms with Crippen molar-refractivity contribution in [2.45, 2.75) is 40.7 Å². The standard InChI is InChI=1S/C18H27NO5/c1-6-22-16-9-14(7-8-15(16)23-10-12(2)3)18(21)24-11-17(20)19-13(4)5/h7-9,12-13H,6,10-11H2,1-5H3,(H,19,20). The zero-order chi connectivity index (χ0) is 18.1. The Morgan fingerprint density at radius 2 is 1.79 bits per heavy atom. The van der Waals surface area contributed by atoms with Crippen molar-refractivity contribution in [1.29, 1.82) is 0 Å². The molecule has 0 aromatic heterocycles. The van der Waals surface area contributed by atoms with Crippen LogP contribution in [0.25, 0.3) is 0 Å². The highest BCUT2D eigenvalue weighted by Gasteiger charge is 2.15. The second kappa shape index (κ2) is 9.80. The molecule has 0 saturated heterocycles. The number of ether oxygens (including phenoxy) is 3. The second-order valence-corrected chi connectivity index (χ2v) is 6.10. The van der Waals surface area contributed by atoms with Crippen LogP contribution in [0.5, 0.6) is 11.5 Å². The number of benzene rings is 1. The van der Waals surface area contributed by atoms with E-state index in [4.69, 9.17) is 14.2 Å². The summed E-state index contributed by atoms with van der Waals surface area (Å²) in [5, 5.41) is 2.66. The number of esters is 1. The number of hydrogen-bond acceptors (Lipinski definition) is 5. The maximum atomic E-state index is 12.1. The summed E-state index contributed by atoms with van der Waals surface area (Å²) < 4.78 is 16.2. The Labute approximate surface area is 143 Å². The van der Waals surface area contributed by atoms with Crippen LogP contribution in [0.3, 0.4) is 0 Å². The minimum atomic E-state index is -0.578. The predicted molar refractivity (Wildman–Crippen MR) is 91.5 cm³/mol. The fraction of sp³-hybridized carbons (Fsp3) is 0.556. The molecule has 1 rings (SSSR count). The number of hydrogen-bond donors (Lipinski definition) is 1. The summed E-state index contributed by atoms with van der Waals surface area (Å²) in [6, 6.07) is 4.85. The number of nitrogens with one attached hydrogen (secondary N) is 1. The van der Waals surface area contributed by atoms with E-state index in [1.54, 1.807) is 18.2 Å². The first kappa shape index (κ1) is 19.8. The third-order valence-corrected chi connectivity index (χ3v) is 2.84. The topological polar surface area (TPSA) is 73.9 Å². The van der Waals surface area contributed by atoms with Gasteiger partial charge in [0.1, 0.15) is 0 Å². The lowest BCUT2D eigenvalue weighted by Gasteiger charge is -2.14. The lowest BCUT2D eigenvalue weighted by Crippen LogP contribution is -2.33. The van der Waals surface area contributed by atoms with Crippen molar-refractivity contribution in [3.63, 3.8) is 0 Å². The molecule has 0 fully saturated rings. The SMILES string of the molecule is CCOc1cc(C(=O)OCC(=O)NC(C)C)ccc1OCC(C)C. The van der Waals surface area contributed by atoms with Crippen molar-refractivity contribution in [2.24, 2.45) is 5.92 Å². The molecule has 0 unspecified atom stereocenters. The van der Waals surface area contributed by atoms with Crippen LogP contribution in [-0.2, 0) is 9.53 Å². The highest BCUT2D eigenvalue weighted by molar-refractivity contribution is 5.92. The molecular formula is C18H27NO5. The summed E-state index contributed by atoms with van der Waals surface area (Å²) in [6.45, 7) is 10.3. The molecule has 6 heteroatoms. The molecular weight excluding hydrogens is 310 g/mol. The van der Waals surface area contributed by atoms with Crippen molar-refractivity contribution in [1.82, 2.24) is 5.32 Å². The van der Waals surface area contributed by atoms with Crippen LogP contribution in [-0.4, -0.2) is 37.7 Å². The first-order valence-electron chi connectivity index (χ1n) is 8.19. The fourth-order valence-corrected chi connectivity index (χ4v) is 1.86. The van der Waals surface area contributed by atoms with Gasteiger partial charge in [0.2, 0.25) is 0 Å². The molecule has 0 bridgehead atoms. The van der Waals surface area contributed by atoms with E-state index in [0.29, 0.717) is 36.2 Å². The van der Waals surface area contributed by atoms with Crippen LogP contribution < -0.4 is 14.8 Å². The quantitative estimate of drug-likeness (QED) is 0.701. The van der Waals surface area contributed by atoms with Crippen LogP contribution >= 0.6 is 0 Å². The molecule has 0 atom stereocenters. The molecule has 1 aromatic rings. The molecule has 24 heavy (non-hydrogen) atoms. The zero-order valence-electron chi connectivity index (χ0n) is 15.0. The van der Waals surface area contributed by atoms with Crippen molar-refractivity contribution in [2.75, 3.05) is 19.8 Å². The van der Waals surface area contributed by atoms with Crippen LogP contribution in [0.15, 0.2) is 18.2 Å². The molecule has 134 valence electrons. The fourth-order valence-electron chi connectivity index (χ4n) is 1.86.